The van der Waals surface area contributed by atoms with Gasteiger partial charge in [0.05, 0.1) is 11.3 Å². The smallest absolute Gasteiger partial charge is 0.335 e. The summed E-state index contributed by atoms with van der Waals surface area (Å²) in [6, 6.07) is 10.8. The molecule has 0 saturated carbocycles. The fraction of sp³-hybridized carbons (Fsp3) is 0. The predicted octanol–water partition coefficient (Wildman–Crippen LogP) is 3.93. The van der Waals surface area contributed by atoms with Crippen molar-refractivity contribution in [1.82, 2.24) is 5.32 Å². The van der Waals surface area contributed by atoms with Crippen molar-refractivity contribution in [2.24, 2.45) is 0 Å². The molecule has 8 heteroatoms. The minimum atomic E-state index is -1.06. The molecule has 0 aromatic heterocycles. The molecule has 2 aromatic carbocycles. The molecule has 0 fully saturated rings. The van der Waals surface area contributed by atoms with E-state index in [1.807, 2.05) is 0 Å². The molecule has 1 amide bonds. The number of thiocarbonyl (C=S) groups is 1. The van der Waals surface area contributed by atoms with Crippen molar-refractivity contribution in [3.63, 3.8) is 0 Å². The lowest BCUT2D eigenvalue weighted by Gasteiger charge is -2.11. The monoisotopic (exact) mass is 412 g/mol. The molecule has 0 aliphatic rings. The van der Waals surface area contributed by atoms with Gasteiger partial charge in [-0.25, -0.2) is 4.79 Å². The van der Waals surface area contributed by atoms with Gasteiger partial charge >= 0.3 is 5.97 Å². The summed E-state index contributed by atoms with van der Waals surface area (Å²) in [6.07, 6.45) is 0. The number of hydrogen-bond acceptors (Lipinski definition) is 3. The average Bonchev–Trinajstić information content (AvgIpc) is 2.49. The highest BCUT2D eigenvalue weighted by Gasteiger charge is 2.11. The molecule has 0 aliphatic carbocycles. The summed E-state index contributed by atoms with van der Waals surface area (Å²) in [5, 5.41) is 14.9. The molecule has 0 atom stereocenters. The maximum atomic E-state index is 12.0. The van der Waals surface area contributed by atoms with Gasteiger partial charge in [-0.1, -0.05) is 11.6 Å². The van der Waals surface area contributed by atoms with Gasteiger partial charge in [0.25, 0.3) is 5.91 Å². The Bertz CT molecular complexity index is 781. The predicted molar refractivity (Wildman–Crippen MR) is 96.2 cm³/mol. The number of anilines is 1. The van der Waals surface area contributed by atoms with E-state index in [1.165, 1.54) is 12.1 Å². The number of hydrogen-bond donors (Lipinski definition) is 3. The summed E-state index contributed by atoms with van der Waals surface area (Å²) in [7, 11) is 0. The number of amides is 1. The summed E-state index contributed by atoms with van der Waals surface area (Å²) in [5.74, 6) is -1.46. The van der Waals surface area contributed by atoms with Gasteiger partial charge in [-0.15, -0.1) is 0 Å². The van der Waals surface area contributed by atoms with Crippen LogP contribution in [0, 0.1) is 0 Å². The third-order valence-corrected chi connectivity index (χ3v) is 3.94. The SMILES string of the molecule is O=C(O)c1ccc(Br)c(NC(=S)NC(=O)c2ccc(Cl)cc2)c1. The van der Waals surface area contributed by atoms with E-state index < -0.39 is 11.9 Å². The summed E-state index contributed by atoms with van der Waals surface area (Å²) in [5.41, 5.74) is 0.936. The summed E-state index contributed by atoms with van der Waals surface area (Å²) < 4.78 is 0.616. The van der Waals surface area contributed by atoms with Crippen molar-refractivity contribution in [3.05, 3.63) is 63.1 Å². The van der Waals surface area contributed by atoms with Crippen LogP contribution in [0.5, 0.6) is 0 Å². The van der Waals surface area contributed by atoms with Gasteiger partial charge in [0.1, 0.15) is 0 Å². The summed E-state index contributed by atoms with van der Waals surface area (Å²) in [6.45, 7) is 0. The van der Waals surface area contributed by atoms with Crippen LogP contribution in [-0.4, -0.2) is 22.1 Å². The maximum Gasteiger partial charge on any atom is 0.335 e. The fourth-order valence-corrected chi connectivity index (χ4v) is 2.36. The van der Waals surface area contributed by atoms with E-state index in [2.05, 4.69) is 26.6 Å². The van der Waals surface area contributed by atoms with Crippen molar-refractivity contribution >= 4 is 62.4 Å². The van der Waals surface area contributed by atoms with E-state index in [-0.39, 0.29) is 10.7 Å². The molecule has 23 heavy (non-hydrogen) atoms. The second kappa shape index (κ2) is 7.54. The fourth-order valence-electron chi connectivity index (χ4n) is 1.68. The molecule has 5 nitrogen and oxygen atoms in total. The van der Waals surface area contributed by atoms with Gasteiger partial charge in [-0.05, 0) is 70.6 Å². The zero-order valence-corrected chi connectivity index (χ0v) is 14.6. The average molecular weight is 414 g/mol. The molecule has 0 unspecified atom stereocenters. The highest BCUT2D eigenvalue weighted by atomic mass is 79.9. The van der Waals surface area contributed by atoms with Gasteiger partial charge in [0.15, 0.2) is 5.11 Å². The van der Waals surface area contributed by atoms with Crippen molar-refractivity contribution in [3.8, 4) is 0 Å². The highest BCUT2D eigenvalue weighted by Crippen LogP contribution is 2.23. The first kappa shape index (κ1) is 17.4. The normalized spacial score (nSPS) is 10.0. The Morgan fingerprint density at radius 2 is 1.70 bits per heavy atom. The van der Waals surface area contributed by atoms with E-state index in [0.29, 0.717) is 20.7 Å². The maximum absolute atomic E-state index is 12.0. The van der Waals surface area contributed by atoms with Crippen molar-refractivity contribution < 1.29 is 14.7 Å². The third kappa shape index (κ3) is 4.75. The third-order valence-electron chi connectivity index (χ3n) is 2.79. The highest BCUT2D eigenvalue weighted by molar-refractivity contribution is 9.10. The first-order valence-electron chi connectivity index (χ1n) is 6.27. The number of aromatic carboxylic acids is 1. The van der Waals surface area contributed by atoms with Crippen LogP contribution in [0.4, 0.5) is 5.69 Å². The molecule has 0 saturated heterocycles. The lowest BCUT2D eigenvalue weighted by atomic mass is 10.2. The molecule has 0 bridgehead atoms. The first-order valence-corrected chi connectivity index (χ1v) is 7.85. The topological polar surface area (TPSA) is 78.4 Å². The summed E-state index contributed by atoms with van der Waals surface area (Å²) >= 11 is 14.1. The number of nitrogens with one attached hydrogen (secondary N) is 2. The van der Waals surface area contributed by atoms with E-state index >= 15 is 0 Å². The Morgan fingerprint density at radius 1 is 1.09 bits per heavy atom. The second-order valence-corrected chi connectivity index (χ2v) is 6.11. The Labute approximate surface area is 150 Å². The van der Waals surface area contributed by atoms with Crippen LogP contribution >= 0.6 is 39.7 Å². The molecular weight excluding hydrogens is 404 g/mol. The minimum Gasteiger partial charge on any atom is -0.478 e. The van der Waals surface area contributed by atoms with E-state index in [1.54, 1.807) is 30.3 Å². The zero-order valence-electron chi connectivity index (χ0n) is 11.5. The van der Waals surface area contributed by atoms with Gasteiger partial charge in [-0.3, -0.25) is 10.1 Å². The van der Waals surface area contributed by atoms with Crippen LogP contribution in [0.15, 0.2) is 46.9 Å². The van der Waals surface area contributed by atoms with E-state index in [4.69, 9.17) is 28.9 Å². The van der Waals surface area contributed by atoms with Crippen LogP contribution < -0.4 is 10.6 Å². The zero-order chi connectivity index (χ0) is 17.0. The van der Waals surface area contributed by atoms with E-state index in [9.17, 15) is 9.59 Å². The molecule has 2 rings (SSSR count). The second-order valence-electron chi connectivity index (χ2n) is 4.41. The van der Waals surface area contributed by atoms with Crippen LogP contribution in [0.2, 0.25) is 5.02 Å². The molecule has 0 spiro atoms. The van der Waals surface area contributed by atoms with Crippen molar-refractivity contribution in [2.45, 2.75) is 0 Å². The minimum absolute atomic E-state index is 0.0492. The Hall–Kier alpha value is -1.96. The number of carboxylic acid groups (broad SMARTS) is 1. The number of carboxylic acids is 1. The number of rotatable bonds is 3. The largest absolute Gasteiger partial charge is 0.478 e. The molecule has 3 N–H and O–H groups in total. The number of benzene rings is 2. The summed E-state index contributed by atoms with van der Waals surface area (Å²) in [4.78, 5) is 23.0. The Kier molecular flexibility index (Phi) is 5.70. The van der Waals surface area contributed by atoms with Crippen molar-refractivity contribution in [1.29, 1.82) is 0 Å². The van der Waals surface area contributed by atoms with E-state index in [0.717, 1.165) is 0 Å². The van der Waals surface area contributed by atoms with Crippen LogP contribution in [0.1, 0.15) is 20.7 Å². The lowest BCUT2D eigenvalue weighted by Crippen LogP contribution is -2.34. The molecule has 2 aromatic rings. The van der Waals surface area contributed by atoms with Gasteiger partial charge in [-0.2, -0.15) is 0 Å². The molecule has 118 valence electrons. The van der Waals surface area contributed by atoms with Crippen LogP contribution in [0.3, 0.4) is 0 Å². The van der Waals surface area contributed by atoms with Crippen LogP contribution in [-0.2, 0) is 0 Å². The lowest BCUT2D eigenvalue weighted by molar-refractivity contribution is 0.0696. The first-order chi connectivity index (χ1) is 10.9. The molecule has 0 aliphatic heterocycles. The van der Waals surface area contributed by atoms with Crippen LogP contribution in [0.25, 0.3) is 0 Å². The Balaban J connectivity index is 2.07. The quantitative estimate of drug-likeness (QED) is 0.665. The Morgan fingerprint density at radius 3 is 2.30 bits per heavy atom. The molecule has 0 heterocycles. The standard InChI is InChI=1S/C15H10BrClN2O3S/c16-11-6-3-9(14(21)22)7-12(11)18-15(23)19-13(20)8-1-4-10(17)5-2-8/h1-7H,(H,21,22)(H2,18,19,20,23). The number of halogens is 2. The molecule has 0 radical (unpaired) electrons. The van der Waals surface area contributed by atoms with Crippen molar-refractivity contribution in [2.75, 3.05) is 5.32 Å². The van der Waals surface area contributed by atoms with Gasteiger partial charge < -0.3 is 10.4 Å². The number of carbonyl (C=O) groups excluding carboxylic acids is 1. The van der Waals surface area contributed by atoms with Gasteiger partial charge in [0.2, 0.25) is 0 Å². The number of carbonyl (C=O) groups is 2. The van der Waals surface area contributed by atoms with Gasteiger partial charge in [0, 0.05) is 15.1 Å². The molecular formula is C15H10BrClN2O3S.